The van der Waals surface area contributed by atoms with E-state index in [1.54, 1.807) is 18.2 Å². The summed E-state index contributed by atoms with van der Waals surface area (Å²) in [6.07, 6.45) is 0. The van der Waals surface area contributed by atoms with Crippen LogP contribution in [0.3, 0.4) is 0 Å². The van der Waals surface area contributed by atoms with Gasteiger partial charge in [-0.05, 0) is 104 Å². The van der Waals surface area contributed by atoms with E-state index in [4.69, 9.17) is 11.0 Å². The van der Waals surface area contributed by atoms with Crippen molar-refractivity contribution in [3.8, 4) is 33.4 Å². The van der Waals surface area contributed by atoms with Crippen molar-refractivity contribution in [2.75, 3.05) is 4.90 Å². The van der Waals surface area contributed by atoms with Gasteiger partial charge in [-0.15, -0.1) is 0 Å². The Bertz CT molecular complexity index is 3030. The van der Waals surface area contributed by atoms with Crippen LogP contribution in [0, 0.1) is 6.57 Å². The molecular weight excluding hydrogens is 673 g/mol. The van der Waals surface area contributed by atoms with Crippen LogP contribution in [0.5, 0.6) is 0 Å². The molecule has 4 nitrogen and oxygen atoms in total. The van der Waals surface area contributed by atoms with E-state index < -0.39 is 5.41 Å². The Morgan fingerprint density at radius 1 is 0.473 bits per heavy atom. The van der Waals surface area contributed by atoms with Crippen molar-refractivity contribution in [2.24, 2.45) is 0 Å². The average Bonchev–Trinajstić information content (AvgIpc) is 3.53. The molecule has 4 heteroatoms. The monoisotopic (exact) mass is 702 g/mol. The van der Waals surface area contributed by atoms with Gasteiger partial charge in [0.1, 0.15) is 11.2 Å². The van der Waals surface area contributed by atoms with Gasteiger partial charge in [-0.1, -0.05) is 133 Å². The summed E-state index contributed by atoms with van der Waals surface area (Å²) in [5.41, 5.74) is 14.9. The first-order valence-corrected chi connectivity index (χ1v) is 18.4. The second-order valence-electron chi connectivity index (χ2n) is 14.3. The molecule has 1 aliphatic heterocycles. The maximum Gasteiger partial charge on any atom is 0.200 e. The van der Waals surface area contributed by atoms with Crippen LogP contribution in [0.4, 0.5) is 22.7 Å². The minimum absolute atomic E-state index is 0.105. The number of benzene rings is 8. The summed E-state index contributed by atoms with van der Waals surface area (Å²) in [5, 5.41) is 0.988. The third kappa shape index (κ3) is 4.41. The van der Waals surface area contributed by atoms with E-state index in [9.17, 15) is 4.79 Å². The van der Waals surface area contributed by atoms with Crippen LogP contribution in [-0.4, -0.2) is 0 Å². The van der Waals surface area contributed by atoms with Crippen molar-refractivity contribution in [3.63, 3.8) is 0 Å². The number of hydrogen-bond donors (Lipinski definition) is 0. The van der Waals surface area contributed by atoms with Crippen LogP contribution in [0.15, 0.2) is 191 Å². The highest BCUT2D eigenvalue weighted by atomic mass is 16.3. The fraction of sp³-hybridized carbons (Fsp3) is 0.0196. The van der Waals surface area contributed by atoms with Gasteiger partial charge in [0.05, 0.1) is 34.1 Å². The number of anilines is 3. The molecule has 1 aromatic heterocycles. The van der Waals surface area contributed by atoms with Crippen LogP contribution >= 0.6 is 0 Å². The number of rotatable bonds is 3. The summed E-state index contributed by atoms with van der Waals surface area (Å²) in [6, 6.07) is 63.2. The molecule has 0 atom stereocenters. The quantitative estimate of drug-likeness (QED) is 0.136. The number of fused-ring (bicyclic) bond motifs is 11. The molecular formula is C51H30N2O2. The predicted octanol–water partition coefficient (Wildman–Crippen LogP) is 13.0. The maximum atomic E-state index is 14.3. The smallest absolute Gasteiger partial charge is 0.200 e. The molecule has 0 fully saturated rings. The van der Waals surface area contributed by atoms with Crippen LogP contribution in [0.1, 0.15) is 22.3 Å². The van der Waals surface area contributed by atoms with Crippen molar-refractivity contribution in [3.05, 3.63) is 226 Å². The standard InChI is InChI=1S/C51H30N2O2/c1-52-36-24-25-39-48(29-36)55-49-31-40-38-18-8-9-19-42(38)51(45(40)30-41(49)50(39)54)43-20-10-12-22-46(43)53(47-23-13-11-21-44(47)51)37-27-34(32-14-4-2-5-15-32)26-35(28-37)33-16-6-3-7-17-33/h2-31H. The van der Waals surface area contributed by atoms with Crippen LogP contribution < -0.4 is 10.3 Å². The van der Waals surface area contributed by atoms with Crippen molar-refractivity contribution in [1.29, 1.82) is 0 Å². The molecule has 8 aromatic carbocycles. The topological polar surface area (TPSA) is 37.8 Å². The molecule has 0 saturated carbocycles. The Kier molecular flexibility index (Phi) is 6.65. The first-order valence-electron chi connectivity index (χ1n) is 18.4. The minimum Gasteiger partial charge on any atom is -0.457 e. The molecule has 9 aromatic rings. The maximum absolute atomic E-state index is 14.3. The fourth-order valence-electron chi connectivity index (χ4n) is 9.12. The largest absolute Gasteiger partial charge is 0.457 e. The molecule has 0 unspecified atom stereocenters. The Hall–Kier alpha value is -7.48. The first-order chi connectivity index (χ1) is 27.1. The average molecular weight is 703 g/mol. The van der Waals surface area contributed by atoms with E-state index in [0.29, 0.717) is 27.6 Å². The Morgan fingerprint density at radius 3 is 1.67 bits per heavy atom. The van der Waals surface area contributed by atoms with E-state index in [2.05, 4.69) is 167 Å². The molecule has 1 spiro atoms. The van der Waals surface area contributed by atoms with Crippen LogP contribution in [0.2, 0.25) is 0 Å². The lowest BCUT2D eigenvalue weighted by atomic mass is 9.64. The fourth-order valence-corrected chi connectivity index (χ4v) is 9.12. The van der Waals surface area contributed by atoms with Crippen LogP contribution in [0.25, 0.3) is 60.2 Å². The second-order valence-corrected chi connectivity index (χ2v) is 14.3. The molecule has 2 heterocycles. The Morgan fingerprint density at radius 2 is 1.04 bits per heavy atom. The minimum atomic E-state index is -0.724. The van der Waals surface area contributed by atoms with Gasteiger partial charge < -0.3 is 9.32 Å². The molecule has 0 amide bonds. The molecule has 256 valence electrons. The highest BCUT2D eigenvalue weighted by Crippen LogP contribution is 2.63. The van der Waals surface area contributed by atoms with Crippen molar-refractivity contribution in [1.82, 2.24) is 0 Å². The third-order valence-corrected chi connectivity index (χ3v) is 11.4. The summed E-state index contributed by atoms with van der Waals surface area (Å²) in [5.74, 6) is 0. The molecule has 55 heavy (non-hydrogen) atoms. The van der Waals surface area contributed by atoms with Gasteiger partial charge in [0, 0.05) is 5.69 Å². The molecule has 0 saturated heterocycles. The highest BCUT2D eigenvalue weighted by molar-refractivity contribution is 6.01. The Labute approximate surface area is 317 Å². The first kappa shape index (κ1) is 31.1. The zero-order chi connectivity index (χ0) is 36.7. The highest BCUT2D eigenvalue weighted by Gasteiger charge is 2.52. The molecule has 0 N–H and O–H groups in total. The molecule has 0 bridgehead atoms. The van der Waals surface area contributed by atoms with Gasteiger partial charge in [-0.25, -0.2) is 4.85 Å². The van der Waals surface area contributed by atoms with E-state index >= 15 is 0 Å². The summed E-state index contributed by atoms with van der Waals surface area (Å²) in [6.45, 7) is 7.52. The molecule has 0 radical (unpaired) electrons. The zero-order valence-corrected chi connectivity index (χ0v) is 29.5. The van der Waals surface area contributed by atoms with Crippen molar-refractivity contribution in [2.45, 2.75) is 5.41 Å². The second kappa shape index (κ2) is 11.8. The van der Waals surface area contributed by atoms with Crippen LogP contribution in [-0.2, 0) is 5.41 Å². The molecule has 11 rings (SSSR count). The summed E-state index contributed by atoms with van der Waals surface area (Å²) in [7, 11) is 0. The van der Waals surface area contributed by atoms with E-state index in [-0.39, 0.29) is 5.43 Å². The molecule has 1 aliphatic carbocycles. The SMILES string of the molecule is [C-]#[N+]c1ccc2c(=O)c3cc4c(cc3oc2c1)-c1ccccc1C41c2ccccc2N(c2cc(-c3ccccc3)cc(-c3ccccc3)c2)c2ccccc21. The van der Waals surface area contributed by atoms with Gasteiger partial charge >= 0.3 is 0 Å². The van der Waals surface area contributed by atoms with Crippen molar-refractivity contribution >= 4 is 44.7 Å². The number of hydrogen-bond acceptors (Lipinski definition) is 3. The lowest BCUT2D eigenvalue weighted by Gasteiger charge is -2.45. The normalized spacial score (nSPS) is 13.3. The van der Waals surface area contributed by atoms with Gasteiger partial charge in [0.2, 0.25) is 0 Å². The van der Waals surface area contributed by atoms with Gasteiger partial charge in [-0.3, -0.25) is 4.79 Å². The van der Waals surface area contributed by atoms with Gasteiger partial charge in [0.25, 0.3) is 0 Å². The summed E-state index contributed by atoms with van der Waals surface area (Å²) >= 11 is 0. The van der Waals surface area contributed by atoms with Gasteiger partial charge in [0.15, 0.2) is 11.1 Å². The summed E-state index contributed by atoms with van der Waals surface area (Å²) in [4.78, 5) is 20.3. The lowest BCUT2D eigenvalue weighted by Crippen LogP contribution is -2.36. The third-order valence-electron chi connectivity index (χ3n) is 11.4. The lowest BCUT2D eigenvalue weighted by molar-refractivity contribution is 0.659. The number of nitrogens with zero attached hydrogens (tertiary/aromatic N) is 2. The van der Waals surface area contributed by atoms with Gasteiger partial charge in [-0.2, -0.15) is 0 Å². The summed E-state index contributed by atoms with van der Waals surface area (Å²) < 4.78 is 6.44. The Balaban J connectivity index is 1.22. The number of para-hydroxylation sites is 2. The zero-order valence-electron chi connectivity index (χ0n) is 29.5. The van der Waals surface area contributed by atoms with E-state index in [0.717, 1.165) is 72.7 Å². The molecule has 2 aliphatic rings. The predicted molar refractivity (Wildman–Crippen MR) is 223 cm³/mol. The van der Waals surface area contributed by atoms with E-state index in [1.165, 1.54) is 0 Å². The van der Waals surface area contributed by atoms with Crippen molar-refractivity contribution < 1.29 is 4.42 Å². The van der Waals surface area contributed by atoms with E-state index in [1.807, 2.05) is 6.07 Å².